The highest BCUT2D eigenvalue weighted by atomic mass is 35.5. The summed E-state index contributed by atoms with van der Waals surface area (Å²) in [4.78, 5) is 36.5. The Bertz CT molecular complexity index is 1040. The number of rotatable bonds is 16. The molecule has 222 valence electrons. The van der Waals surface area contributed by atoms with Crippen LogP contribution in [0.4, 0.5) is 0 Å². The molecule has 1 heterocycles. The number of ether oxygens (including phenoxy) is 4. The first-order valence-corrected chi connectivity index (χ1v) is 12.5. The number of terminal acetylenes is 1. The number of carboxylic acids is 1. The number of aliphatic hydroxyl groups excluding tert-OH is 4. The summed E-state index contributed by atoms with van der Waals surface area (Å²) in [5, 5.41) is 56.1. The molecule has 0 aromatic heterocycles. The van der Waals surface area contributed by atoms with E-state index in [4.69, 9.17) is 42.1 Å². The first-order chi connectivity index (χ1) is 19.1. The average Bonchev–Trinajstić information content (AvgIpc) is 2.93. The first kappa shape index (κ1) is 33.4. The molecule has 1 aliphatic rings. The largest absolute Gasteiger partial charge is 0.477 e. The third kappa shape index (κ3) is 9.37. The standard InChI is InChI=1S/C25H33ClN2O12/c1-2-7-37-8-9-38-10-11-39-25(24(35)36)12-17(30)20(28-19(32)14-29)22(40-25)21(33)18(31)13-27-23(34)15-5-3-4-6-16(15)26/h1,3-6,17-18,20-22,29-31,33H,7-14H2,(H,27,34)(H,28,32)(H,35,36)/t17-,18+,20+,21+,22+,25+/m0/s1. The fourth-order valence-electron chi connectivity index (χ4n) is 3.84. The number of halogens is 1. The Balaban J connectivity index is 2.13. The van der Waals surface area contributed by atoms with Crippen LogP contribution in [0.25, 0.3) is 0 Å². The summed E-state index contributed by atoms with van der Waals surface area (Å²) in [5.41, 5.74) is 0.103. The van der Waals surface area contributed by atoms with Gasteiger partial charge in [0.2, 0.25) is 5.91 Å². The molecule has 1 saturated heterocycles. The lowest BCUT2D eigenvalue weighted by Crippen LogP contribution is -2.68. The second-order valence-electron chi connectivity index (χ2n) is 8.63. The van der Waals surface area contributed by atoms with E-state index in [1.165, 1.54) is 12.1 Å². The highest BCUT2D eigenvalue weighted by Gasteiger charge is 2.55. The van der Waals surface area contributed by atoms with Crippen molar-refractivity contribution in [1.29, 1.82) is 0 Å². The van der Waals surface area contributed by atoms with Gasteiger partial charge in [0, 0.05) is 13.0 Å². The molecule has 0 aliphatic carbocycles. The Kier molecular flexibility index (Phi) is 13.7. The van der Waals surface area contributed by atoms with Gasteiger partial charge >= 0.3 is 5.97 Å². The average molecular weight is 589 g/mol. The Morgan fingerprint density at radius 1 is 1.18 bits per heavy atom. The Morgan fingerprint density at radius 3 is 2.50 bits per heavy atom. The molecule has 15 heteroatoms. The quantitative estimate of drug-likeness (QED) is 0.0815. The number of amides is 2. The van der Waals surface area contributed by atoms with E-state index in [9.17, 15) is 34.8 Å². The van der Waals surface area contributed by atoms with Crippen molar-refractivity contribution in [2.24, 2.45) is 0 Å². The van der Waals surface area contributed by atoms with Crippen LogP contribution in [0, 0.1) is 12.3 Å². The van der Waals surface area contributed by atoms with Crippen LogP contribution in [0.1, 0.15) is 16.8 Å². The van der Waals surface area contributed by atoms with E-state index < -0.39 is 73.6 Å². The summed E-state index contributed by atoms with van der Waals surface area (Å²) < 4.78 is 21.3. The van der Waals surface area contributed by atoms with Gasteiger partial charge in [-0.1, -0.05) is 29.7 Å². The van der Waals surface area contributed by atoms with E-state index >= 15 is 0 Å². The zero-order chi connectivity index (χ0) is 29.7. The minimum atomic E-state index is -2.50. The predicted octanol–water partition coefficient (Wildman–Crippen LogP) is -2.12. The lowest BCUT2D eigenvalue weighted by atomic mass is 9.88. The van der Waals surface area contributed by atoms with Gasteiger partial charge in [-0.15, -0.1) is 6.42 Å². The molecule has 1 aromatic rings. The monoisotopic (exact) mass is 588 g/mol. The van der Waals surface area contributed by atoms with Gasteiger partial charge in [0.05, 0.1) is 55.3 Å². The summed E-state index contributed by atoms with van der Waals surface area (Å²) in [6, 6.07) is 4.64. The number of carbonyl (C=O) groups excluding carboxylic acids is 2. The zero-order valence-corrected chi connectivity index (χ0v) is 22.2. The number of carboxylic acid groups (broad SMARTS) is 1. The summed E-state index contributed by atoms with van der Waals surface area (Å²) in [6.07, 6.45) is -2.78. The number of carbonyl (C=O) groups is 3. The van der Waals surface area contributed by atoms with Crippen molar-refractivity contribution in [3.8, 4) is 12.3 Å². The molecule has 0 radical (unpaired) electrons. The molecular formula is C25H33ClN2O12. The highest BCUT2D eigenvalue weighted by Crippen LogP contribution is 2.33. The van der Waals surface area contributed by atoms with Gasteiger partial charge in [0.15, 0.2) is 0 Å². The maximum Gasteiger partial charge on any atom is 0.364 e. The third-order valence-electron chi connectivity index (χ3n) is 5.81. The molecule has 6 atom stereocenters. The lowest BCUT2D eigenvalue weighted by molar-refractivity contribution is -0.312. The predicted molar refractivity (Wildman–Crippen MR) is 137 cm³/mol. The SMILES string of the molecule is C#CCOCCOCCO[C@]1(C(=O)O)C[C@H](O)[C@@H](NC(=O)CO)[C@H]([C@H](O)[C@H](O)CNC(=O)c2ccccc2Cl)O1. The van der Waals surface area contributed by atoms with Crippen LogP contribution >= 0.6 is 11.6 Å². The summed E-state index contributed by atoms with van der Waals surface area (Å²) in [6.45, 7) is -1.51. The van der Waals surface area contributed by atoms with Crippen molar-refractivity contribution in [3.63, 3.8) is 0 Å². The maximum atomic E-state index is 12.4. The fraction of sp³-hybridized carbons (Fsp3) is 0.560. The molecule has 14 nitrogen and oxygen atoms in total. The van der Waals surface area contributed by atoms with Gasteiger partial charge in [0.25, 0.3) is 11.7 Å². The highest BCUT2D eigenvalue weighted by molar-refractivity contribution is 6.33. The van der Waals surface area contributed by atoms with E-state index in [1.54, 1.807) is 12.1 Å². The molecule has 1 aromatic carbocycles. The summed E-state index contributed by atoms with van der Waals surface area (Å²) in [5.74, 6) is -3.51. The van der Waals surface area contributed by atoms with Crippen molar-refractivity contribution < 1.29 is 58.9 Å². The topological polar surface area (TPSA) is 213 Å². The number of hydrogen-bond acceptors (Lipinski definition) is 11. The minimum absolute atomic E-state index is 0.0947. The molecular weight excluding hydrogens is 556 g/mol. The number of aliphatic carboxylic acids is 1. The van der Waals surface area contributed by atoms with Gasteiger partial charge < -0.3 is 55.1 Å². The first-order valence-electron chi connectivity index (χ1n) is 12.2. The Labute approximate surface area is 235 Å². The smallest absolute Gasteiger partial charge is 0.364 e. The van der Waals surface area contributed by atoms with Gasteiger partial charge in [-0.25, -0.2) is 4.79 Å². The van der Waals surface area contributed by atoms with Crippen LogP contribution in [0.15, 0.2) is 24.3 Å². The molecule has 40 heavy (non-hydrogen) atoms. The van der Waals surface area contributed by atoms with Crippen molar-refractivity contribution in [2.75, 3.05) is 46.2 Å². The lowest BCUT2D eigenvalue weighted by Gasteiger charge is -2.46. The molecule has 2 rings (SSSR count). The van der Waals surface area contributed by atoms with Gasteiger partial charge in [-0.05, 0) is 12.1 Å². The second kappa shape index (κ2) is 16.4. The molecule has 0 bridgehead atoms. The molecule has 0 saturated carbocycles. The van der Waals surface area contributed by atoms with Crippen molar-refractivity contribution in [2.45, 2.75) is 42.7 Å². The zero-order valence-electron chi connectivity index (χ0n) is 21.4. The van der Waals surface area contributed by atoms with E-state index in [0.717, 1.165) is 0 Å². The van der Waals surface area contributed by atoms with Crippen LogP contribution in [-0.2, 0) is 28.5 Å². The molecule has 0 unspecified atom stereocenters. The van der Waals surface area contributed by atoms with Crippen molar-refractivity contribution >= 4 is 29.4 Å². The van der Waals surface area contributed by atoms with Crippen LogP contribution < -0.4 is 10.6 Å². The molecule has 1 fully saturated rings. The van der Waals surface area contributed by atoms with Crippen LogP contribution in [0.5, 0.6) is 0 Å². The van der Waals surface area contributed by atoms with Gasteiger partial charge in [-0.3, -0.25) is 9.59 Å². The second-order valence-corrected chi connectivity index (χ2v) is 9.04. The fourth-order valence-corrected chi connectivity index (χ4v) is 4.06. The van der Waals surface area contributed by atoms with E-state index in [0.29, 0.717) is 0 Å². The number of hydrogen-bond donors (Lipinski definition) is 7. The third-order valence-corrected chi connectivity index (χ3v) is 6.14. The minimum Gasteiger partial charge on any atom is -0.477 e. The number of benzene rings is 1. The van der Waals surface area contributed by atoms with Crippen molar-refractivity contribution in [3.05, 3.63) is 34.9 Å². The van der Waals surface area contributed by atoms with E-state index in [1.807, 2.05) is 0 Å². The molecule has 7 N–H and O–H groups in total. The molecule has 2 amide bonds. The van der Waals surface area contributed by atoms with Crippen LogP contribution in [0.2, 0.25) is 5.02 Å². The Morgan fingerprint density at radius 2 is 1.85 bits per heavy atom. The van der Waals surface area contributed by atoms with Gasteiger partial charge in [-0.2, -0.15) is 0 Å². The van der Waals surface area contributed by atoms with Crippen LogP contribution in [0.3, 0.4) is 0 Å². The molecule has 0 spiro atoms. The van der Waals surface area contributed by atoms with E-state index in [-0.39, 0.29) is 43.6 Å². The van der Waals surface area contributed by atoms with Crippen LogP contribution in [-0.4, -0.2) is 126 Å². The Hall–Kier alpha value is -2.84. The number of nitrogens with one attached hydrogen (secondary N) is 2. The van der Waals surface area contributed by atoms with E-state index in [2.05, 4.69) is 16.6 Å². The van der Waals surface area contributed by atoms with Gasteiger partial charge in [0.1, 0.15) is 25.4 Å². The normalized spacial score (nSPS) is 23.9. The number of aliphatic hydroxyl groups is 4. The summed E-state index contributed by atoms with van der Waals surface area (Å²) in [7, 11) is 0. The van der Waals surface area contributed by atoms with Crippen molar-refractivity contribution in [1.82, 2.24) is 10.6 Å². The molecule has 1 aliphatic heterocycles. The summed E-state index contributed by atoms with van der Waals surface area (Å²) >= 11 is 5.99. The maximum absolute atomic E-state index is 12.4.